The van der Waals surface area contributed by atoms with Crippen LogP contribution in [-0.4, -0.2) is 37.1 Å². The van der Waals surface area contributed by atoms with Gasteiger partial charge in [0.15, 0.2) is 0 Å². The largest absolute Gasteiger partial charge is 0.375 e. The molecule has 1 heterocycles. The van der Waals surface area contributed by atoms with Gasteiger partial charge in [0, 0.05) is 19.2 Å². The Bertz CT molecular complexity index is 556. The second-order valence-electron chi connectivity index (χ2n) is 4.87. The monoisotopic (exact) mass is 331 g/mol. The quantitative estimate of drug-likeness (QED) is 0.784. The van der Waals surface area contributed by atoms with E-state index in [1.807, 2.05) is 6.92 Å². The molecule has 1 aromatic rings. The maximum Gasteiger partial charge on any atom is 0.244 e. The molecule has 1 aliphatic heterocycles. The third kappa shape index (κ3) is 4.66. The van der Waals surface area contributed by atoms with E-state index < -0.39 is 11.9 Å². The number of benzene rings is 1. The summed E-state index contributed by atoms with van der Waals surface area (Å²) in [6, 6.07) is 3.54. The predicted molar refractivity (Wildman–Crippen MR) is 83.8 cm³/mol. The molecule has 3 N–H and O–H groups in total. The number of ether oxygens (including phenoxy) is 1. The zero-order valence-corrected chi connectivity index (χ0v) is 13.1. The molecule has 22 heavy (non-hydrogen) atoms. The van der Waals surface area contributed by atoms with E-state index in [1.54, 1.807) is 0 Å². The molecule has 2 rings (SSSR count). The number of nitrogens with one attached hydrogen (secondary N) is 3. The van der Waals surface area contributed by atoms with Gasteiger partial charge in [0.1, 0.15) is 11.9 Å². The summed E-state index contributed by atoms with van der Waals surface area (Å²) in [5, 5.41) is 8.12. The highest BCUT2D eigenvalue weighted by atomic mass is 35.5. The molecule has 2 atom stereocenters. The lowest BCUT2D eigenvalue weighted by atomic mass is 10.1. The molecule has 6 nitrogen and oxygen atoms in total. The van der Waals surface area contributed by atoms with Gasteiger partial charge >= 0.3 is 0 Å². The fraction of sp³-hybridized carbons (Fsp3) is 0.429. The number of amides is 2. The van der Waals surface area contributed by atoms with Gasteiger partial charge in [0.05, 0.1) is 18.4 Å². The molecule has 2 amide bonds. The zero-order valence-electron chi connectivity index (χ0n) is 12.3. The van der Waals surface area contributed by atoms with Crippen LogP contribution in [0.2, 0.25) is 0 Å². The van der Waals surface area contributed by atoms with Crippen molar-refractivity contribution in [1.82, 2.24) is 5.32 Å². The lowest BCUT2D eigenvalue weighted by molar-refractivity contribution is -0.123. The van der Waals surface area contributed by atoms with Crippen molar-refractivity contribution in [3.8, 4) is 0 Å². The van der Waals surface area contributed by atoms with Crippen molar-refractivity contribution in [2.24, 2.45) is 0 Å². The number of carbonyl (C=O) groups excluding carboxylic acids is 2. The normalized spacial score (nSPS) is 20.7. The second-order valence-corrected chi connectivity index (χ2v) is 4.87. The van der Waals surface area contributed by atoms with Crippen LogP contribution in [0, 0.1) is 5.82 Å². The third-order valence-electron chi connectivity index (χ3n) is 3.14. The van der Waals surface area contributed by atoms with Crippen LogP contribution in [0.5, 0.6) is 0 Å². The summed E-state index contributed by atoms with van der Waals surface area (Å²) in [5.74, 6) is -1.20. The van der Waals surface area contributed by atoms with Crippen molar-refractivity contribution in [1.29, 1.82) is 0 Å². The first-order valence-electron chi connectivity index (χ1n) is 6.70. The molecule has 0 saturated carbocycles. The van der Waals surface area contributed by atoms with Crippen LogP contribution in [0.1, 0.15) is 13.8 Å². The lowest BCUT2D eigenvalue weighted by Crippen LogP contribution is -2.53. The number of halogens is 2. The minimum Gasteiger partial charge on any atom is -0.375 e. The smallest absolute Gasteiger partial charge is 0.244 e. The van der Waals surface area contributed by atoms with Crippen molar-refractivity contribution in [3.05, 3.63) is 24.0 Å². The van der Waals surface area contributed by atoms with Crippen LogP contribution in [0.15, 0.2) is 18.2 Å². The van der Waals surface area contributed by atoms with E-state index in [2.05, 4.69) is 16.0 Å². The Morgan fingerprint density at radius 3 is 2.73 bits per heavy atom. The first kappa shape index (κ1) is 18.3. The van der Waals surface area contributed by atoms with Gasteiger partial charge in [-0.15, -0.1) is 12.4 Å². The molecule has 0 radical (unpaired) electrons. The van der Waals surface area contributed by atoms with Crippen LogP contribution >= 0.6 is 12.4 Å². The average molecular weight is 332 g/mol. The molecular formula is C14H19ClFN3O3. The van der Waals surface area contributed by atoms with Gasteiger partial charge in [-0.1, -0.05) is 0 Å². The van der Waals surface area contributed by atoms with E-state index in [9.17, 15) is 14.0 Å². The summed E-state index contributed by atoms with van der Waals surface area (Å²) in [6.07, 6.45) is -0.242. The number of rotatable bonds is 3. The van der Waals surface area contributed by atoms with Crippen LogP contribution in [-0.2, 0) is 14.3 Å². The molecule has 1 saturated heterocycles. The molecule has 122 valence electrons. The summed E-state index contributed by atoms with van der Waals surface area (Å²) in [5.41, 5.74) is 0.436. The molecule has 1 aromatic carbocycles. The average Bonchev–Trinajstić information content (AvgIpc) is 2.42. The molecule has 1 aliphatic rings. The zero-order chi connectivity index (χ0) is 15.4. The molecule has 0 spiro atoms. The number of morpholine rings is 1. The molecule has 1 fully saturated rings. The number of hydrogen-bond acceptors (Lipinski definition) is 4. The minimum atomic E-state index is -0.560. The number of anilines is 2. The maximum absolute atomic E-state index is 13.5. The molecule has 0 unspecified atom stereocenters. The Labute approximate surface area is 134 Å². The van der Waals surface area contributed by atoms with Crippen molar-refractivity contribution in [2.45, 2.75) is 26.0 Å². The molecule has 0 bridgehead atoms. The van der Waals surface area contributed by atoms with Gasteiger partial charge in [-0.05, 0) is 25.1 Å². The Morgan fingerprint density at radius 2 is 2.09 bits per heavy atom. The van der Waals surface area contributed by atoms with E-state index in [4.69, 9.17) is 4.74 Å². The van der Waals surface area contributed by atoms with Crippen LogP contribution in [0.3, 0.4) is 0 Å². The van der Waals surface area contributed by atoms with Crippen molar-refractivity contribution in [3.63, 3.8) is 0 Å². The third-order valence-corrected chi connectivity index (χ3v) is 3.14. The van der Waals surface area contributed by atoms with E-state index in [0.29, 0.717) is 18.8 Å². The molecule has 8 heteroatoms. The van der Waals surface area contributed by atoms with Crippen LogP contribution in [0.4, 0.5) is 15.8 Å². The fourth-order valence-electron chi connectivity index (χ4n) is 2.14. The first-order valence-corrected chi connectivity index (χ1v) is 6.70. The highest BCUT2D eigenvalue weighted by molar-refractivity contribution is 5.96. The summed E-state index contributed by atoms with van der Waals surface area (Å²) < 4.78 is 18.9. The SMILES string of the molecule is CC(=O)Nc1cc(NC(=O)[C@H]2NCCO[C@@H]2C)ccc1F.Cl. The van der Waals surface area contributed by atoms with Crippen molar-refractivity contribution >= 4 is 35.6 Å². The number of carbonyl (C=O) groups is 2. The van der Waals surface area contributed by atoms with Crippen molar-refractivity contribution in [2.75, 3.05) is 23.8 Å². The maximum atomic E-state index is 13.5. The molecule has 0 aromatic heterocycles. The summed E-state index contributed by atoms with van der Waals surface area (Å²) >= 11 is 0. The van der Waals surface area contributed by atoms with Crippen LogP contribution < -0.4 is 16.0 Å². The van der Waals surface area contributed by atoms with E-state index >= 15 is 0 Å². The second kappa shape index (κ2) is 8.07. The van der Waals surface area contributed by atoms with Gasteiger partial charge in [0.25, 0.3) is 0 Å². The van der Waals surface area contributed by atoms with Crippen molar-refractivity contribution < 1.29 is 18.7 Å². The highest BCUT2D eigenvalue weighted by Gasteiger charge is 2.28. The predicted octanol–water partition coefficient (Wildman–Crippen LogP) is 1.52. The summed E-state index contributed by atoms with van der Waals surface area (Å²) in [6.45, 7) is 4.26. The van der Waals surface area contributed by atoms with Gasteiger partial charge in [-0.25, -0.2) is 4.39 Å². The Morgan fingerprint density at radius 1 is 1.36 bits per heavy atom. The Balaban J connectivity index is 0.00000242. The highest BCUT2D eigenvalue weighted by Crippen LogP contribution is 2.20. The standard InChI is InChI=1S/C14H18FN3O3.ClH/c1-8-13(16-5-6-21-8)14(20)18-10-3-4-11(15)12(7-10)17-9(2)19;/h3-4,7-8,13,16H,5-6H2,1-2H3,(H,17,19)(H,18,20);1H/t8-,13+;/m1./s1. The molecular weight excluding hydrogens is 313 g/mol. The van der Waals surface area contributed by atoms with Crippen LogP contribution in [0.25, 0.3) is 0 Å². The van der Waals surface area contributed by atoms with Gasteiger partial charge in [-0.2, -0.15) is 0 Å². The van der Waals surface area contributed by atoms with E-state index in [1.165, 1.54) is 25.1 Å². The fourth-order valence-corrected chi connectivity index (χ4v) is 2.14. The van der Waals surface area contributed by atoms with Gasteiger partial charge < -0.3 is 20.7 Å². The summed E-state index contributed by atoms with van der Waals surface area (Å²) in [4.78, 5) is 23.2. The topological polar surface area (TPSA) is 79.5 Å². The Kier molecular flexibility index (Phi) is 6.73. The molecule has 0 aliphatic carbocycles. The lowest BCUT2D eigenvalue weighted by Gasteiger charge is -2.29. The minimum absolute atomic E-state index is 0. The van der Waals surface area contributed by atoms with Gasteiger partial charge in [0.2, 0.25) is 11.8 Å². The number of hydrogen-bond donors (Lipinski definition) is 3. The summed E-state index contributed by atoms with van der Waals surface area (Å²) in [7, 11) is 0. The van der Waals surface area contributed by atoms with E-state index in [-0.39, 0.29) is 36.0 Å². The van der Waals surface area contributed by atoms with Gasteiger partial charge in [-0.3, -0.25) is 9.59 Å². The first-order chi connectivity index (χ1) is 9.97. The van der Waals surface area contributed by atoms with E-state index in [0.717, 1.165) is 0 Å². The Hall–Kier alpha value is -1.70.